The lowest BCUT2D eigenvalue weighted by molar-refractivity contribution is -0.155. The fraction of sp³-hybridized carbons (Fsp3) is 0.222. The van der Waals surface area contributed by atoms with Crippen LogP contribution in [0, 0.1) is 0 Å². The molecule has 0 aliphatic carbocycles. The average Bonchev–Trinajstić information content (AvgIpc) is 2.05. The first-order chi connectivity index (χ1) is 6.05. The van der Waals surface area contributed by atoms with Crippen LogP contribution in [0.1, 0.15) is 11.5 Å². The third-order valence-electron chi connectivity index (χ3n) is 1.65. The lowest BCUT2D eigenvalue weighted by Gasteiger charge is -2.13. The second-order valence-electron chi connectivity index (χ2n) is 2.57. The summed E-state index contributed by atoms with van der Waals surface area (Å²) in [5, 5.41) is 0. The molecule has 0 saturated heterocycles. The summed E-state index contributed by atoms with van der Waals surface area (Å²) >= 11 is 0. The van der Waals surface area contributed by atoms with Crippen LogP contribution in [-0.2, 0) is 4.79 Å². The van der Waals surface area contributed by atoms with Crippen molar-refractivity contribution in [2.75, 3.05) is 0 Å². The standard InChI is InChI=1S/C9H7F3O/c10-9(11,12)8(6-13)7-4-2-1-3-5-7/h1-6,8H. The van der Waals surface area contributed by atoms with Gasteiger partial charge in [0.2, 0.25) is 0 Å². The summed E-state index contributed by atoms with van der Waals surface area (Å²) in [6.45, 7) is 0. The van der Waals surface area contributed by atoms with Crippen LogP contribution in [0.25, 0.3) is 0 Å². The molecule has 0 N–H and O–H groups in total. The predicted octanol–water partition coefficient (Wildman–Crippen LogP) is 2.53. The number of hydrogen-bond donors (Lipinski definition) is 0. The molecule has 1 aromatic carbocycles. The van der Waals surface area contributed by atoms with E-state index in [0.29, 0.717) is 0 Å². The van der Waals surface area contributed by atoms with E-state index in [1.165, 1.54) is 24.3 Å². The Labute approximate surface area is 73.2 Å². The van der Waals surface area contributed by atoms with Crippen molar-refractivity contribution in [2.45, 2.75) is 12.1 Å². The lowest BCUT2D eigenvalue weighted by atomic mass is 10.0. The molecular formula is C9H7F3O. The summed E-state index contributed by atoms with van der Waals surface area (Å²) in [7, 11) is 0. The third kappa shape index (κ3) is 2.31. The Balaban J connectivity index is 2.99. The number of aldehydes is 1. The molecule has 0 bridgehead atoms. The van der Waals surface area contributed by atoms with E-state index in [9.17, 15) is 18.0 Å². The molecule has 0 heterocycles. The zero-order chi connectivity index (χ0) is 9.90. The van der Waals surface area contributed by atoms with Gasteiger partial charge in [0, 0.05) is 0 Å². The fourth-order valence-corrected chi connectivity index (χ4v) is 1.01. The number of rotatable bonds is 2. The van der Waals surface area contributed by atoms with Gasteiger partial charge in [-0.25, -0.2) is 0 Å². The average molecular weight is 188 g/mol. The predicted molar refractivity (Wildman–Crippen MR) is 41.3 cm³/mol. The summed E-state index contributed by atoms with van der Waals surface area (Å²) in [5.74, 6) is -2.01. The van der Waals surface area contributed by atoms with E-state index in [-0.39, 0.29) is 11.8 Å². The minimum absolute atomic E-state index is 0.0231. The molecule has 1 unspecified atom stereocenters. The molecule has 4 heteroatoms. The Hall–Kier alpha value is -1.32. The maximum absolute atomic E-state index is 12.2. The molecule has 1 nitrogen and oxygen atoms in total. The second kappa shape index (κ2) is 3.60. The van der Waals surface area contributed by atoms with Crippen molar-refractivity contribution < 1.29 is 18.0 Å². The van der Waals surface area contributed by atoms with Crippen molar-refractivity contribution in [1.29, 1.82) is 0 Å². The molecule has 0 aliphatic heterocycles. The van der Waals surface area contributed by atoms with Gasteiger partial charge in [-0.2, -0.15) is 13.2 Å². The van der Waals surface area contributed by atoms with Gasteiger partial charge in [0.05, 0.1) is 0 Å². The molecule has 0 fully saturated rings. The molecule has 1 aromatic rings. The Morgan fingerprint density at radius 3 is 2.08 bits per heavy atom. The van der Waals surface area contributed by atoms with Crippen molar-refractivity contribution in [3.8, 4) is 0 Å². The minimum Gasteiger partial charge on any atom is -0.302 e. The SMILES string of the molecule is O=CC(c1ccccc1)C(F)(F)F. The highest BCUT2D eigenvalue weighted by Crippen LogP contribution is 2.32. The van der Waals surface area contributed by atoms with Crippen molar-refractivity contribution in [3.05, 3.63) is 35.9 Å². The van der Waals surface area contributed by atoms with Crippen molar-refractivity contribution in [3.63, 3.8) is 0 Å². The van der Waals surface area contributed by atoms with E-state index in [2.05, 4.69) is 0 Å². The van der Waals surface area contributed by atoms with Gasteiger partial charge in [-0.05, 0) is 5.56 Å². The Bertz CT molecular complexity index is 279. The molecule has 13 heavy (non-hydrogen) atoms. The Kier molecular flexibility index (Phi) is 2.70. The number of alkyl halides is 3. The van der Waals surface area contributed by atoms with Gasteiger partial charge < -0.3 is 4.79 Å². The molecule has 1 atom stereocenters. The molecule has 0 aromatic heterocycles. The summed E-state index contributed by atoms with van der Waals surface area (Å²) in [6.07, 6.45) is -4.58. The first kappa shape index (κ1) is 9.77. The quantitative estimate of drug-likeness (QED) is 0.652. The van der Waals surface area contributed by atoms with Gasteiger partial charge in [-0.1, -0.05) is 30.3 Å². The zero-order valence-electron chi connectivity index (χ0n) is 6.58. The van der Waals surface area contributed by atoms with Gasteiger partial charge >= 0.3 is 6.18 Å². The van der Waals surface area contributed by atoms with E-state index in [1.807, 2.05) is 0 Å². The van der Waals surface area contributed by atoms with Crippen molar-refractivity contribution in [1.82, 2.24) is 0 Å². The van der Waals surface area contributed by atoms with Crippen LogP contribution in [0.2, 0.25) is 0 Å². The van der Waals surface area contributed by atoms with E-state index >= 15 is 0 Å². The van der Waals surface area contributed by atoms with Gasteiger partial charge in [-0.15, -0.1) is 0 Å². The van der Waals surface area contributed by atoms with E-state index < -0.39 is 12.1 Å². The first-order valence-electron chi connectivity index (χ1n) is 3.62. The molecular weight excluding hydrogens is 181 g/mol. The highest BCUT2D eigenvalue weighted by atomic mass is 19.4. The molecule has 0 aliphatic rings. The summed E-state index contributed by atoms with van der Waals surface area (Å²) < 4.78 is 36.5. The number of carbonyl (C=O) groups excluding carboxylic acids is 1. The fourth-order valence-electron chi connectivity index (χ4n) is 1.01. The van der Waals surface area contributed by atoms with Gasteiger partial charge in [0.25, 0.3) is 0 Å². The normalized spacial score (nSPS) is 13.8. The smallest absolute Gasteiger partial charge is 0.302 e. The highest BCUT2D eigenvalue weighted by molar-refractivity contribution is 5.63. The largest absolute Gasteiger partial charge is 0.402 e. The van der Waals surface area contributed by atoms with Gasteiger partial charge in [0.15, 0.2) is 0 Å². The minimum atomic E-state index is -4.50. The molecule has 0 radical (unpaired) electrons. The molecule has 0 amide bonds. The van der Waals surface area contributed by atoms with E-state index in [4.69, 9.17) is 0 Å². The zero-order valence-corrected chi connectivity index (χ0v) is 6.58. The Morgan fingerprint density at radius 1 is 1.15 bits per heavy atom. The number of carbonyl (C=O) groups is 1. The van der Waals surface area contributed by atoms with E-state index in [0.717, 1.165) is 0 Å². The number of hydrogen-bond acceptors (Lipinski definition) is 1. The second-order valence-corrected chi connectivity index (χ2v) is 2.57. The van der Waals surface area contributed by atoms with Crippen LogP contribution in [0.3, 0.4) is 0 Å². The topological polar surface area (TPSA) is 17.1 Å². The summed E-state index contributed by atoms with van der Waals surface area (Å²) in [4.78, 5) is 10.2. The van der Waals surface area contributed by atoms with Crippen LogP contribution in [0.15, 0.2) is 30.3 Å². The molecule has 1 rings (SSSR count). The first-order valence-corrected chi connectivity index (χ1v) is 3.62. The van der Waals surface area contributed by atoms with Crippen molar-refractivity contribution >= 4 is 6.29 Å². The van der Waals surface area contributed by atoms with Gasteiger partial charge in [-0.3, -0.25) is 0 Å². The van der Waals surface area contributed by atoms with Crippen LogP contribution in [0.4, 0.5) is 13.2 Å². The summed E-state index contributed by atoms with van der Waals surface area (Å²) in [6, 6.07) is 7.11. The third-order valence-corrected chi connectivity index (χ3v) is 1.65. The summed E-state index contributed by atoms with van der Waals surface area (Å²) in [5.41, 5.74) is -0.0231. The molecule has 0 saturated carbocycles. The monoisotopic (exact) mass is 188 g/mol. The lowest BCUT2D eigenvalue weighted by Crippen LogP contribution is -2.21. The van der Waals surface area contributed by atoms with Crippen molar-refractivity contribution in [2.24, 2.45) is 0 Å². The maximum Gasteiger partial charge on any atom is 0.402 e. The van der Waals surface area contributed by atoms with Crippen LogP contribution < -0.4 is 0 Å². The molecule has 70 valence electrons. The Morgan fingerprint density at radius 2 is 1.69 bits per heavy atom. The van der Waals surface area contributed by atoms with Crippen LogP contribution in [0.5, 0.6) is 0 Å². The highest BCUT2D eigenvalue weighted by Gasteiger charge is 2.40. The molecule has 0 spiro atoms. The van der Waals surface area contributed by atoms with Crippen LogP contribution in [-0.4, -0.2) is 12.5 Å². The van der Waals surface area contributed by atoms with E-state index in [1.54, 1.807) is 6.07 Å². The maximum atomic E-state index is 12.2. The van der Waals surface area contributed by atoms with Gasteiger partial charge in [0.1, 0.15) is 12.2 Å². The number of halogens is 3. The number of benzene rings is 1. The van der Waals surface area contributed by atoms with Crippen LogP contribution >= 0.6 is 0 Å².